The Morgan fingerprint density at radius 2 is 2.18 bits per heavy atom. The van der Waals surface area contributed by atoms with Gasteiger partial charge in [0.1, 0.15) is 10.7 Å². The Bertz CT molecular complexity index is 782. The molecule has 0 N–H and O–H groups in total. The van der Waals surface area contributed by atoms with Crippen LogP contribution in [0.15, 0.2) is 4.79 Å². The number of nitrogens with zero attached hydrogens (tertiary/aromatic N) is 3. The van der Waals surface area contributed by atoms with Crippen LogP contribution in [0, 0.1) is 11.3 Å². The summed E-state index contributed by atoms with van der Waals surface area (Å²) in [5, 5.41) is 9.59. The molecule has 2 aromatic heterocycles. The van der Waals surface area contributed by atoms with Crippen molar-refractivity contribution in [3.05, 3.63) is 26.6 Å². The fourth-order valence-electron chi connectivity index (χ4n) is 3.24. The van der Waals surface area contributed by atoms with Crippen molar-refractivity contribution in [1.29, 1.82) is 5.26 Å². The Morgan fingerprint density at radius 1 is 1.36 bits per heavy atom. The van der Waals surface area contributed by atoms with Crippen LogP contribution < -0.4 is 5.56 Å². The van der Waals surface area contributed by atoms with Gasteiger partial charge in [0.15, 0.2) is 0 Å². The van der Waals surface area contributed by atoms with Crippen LogP contribution in [0.3, 0.4) is 0 Å². The molecule has 1 aliphatic rings. The molecule has 0 unspecified atom stereocenters. The highest BCUT2D eigenvalue weighted by Gasteiger charge is 2.21. The van der Waals surface area contributed by atoms with Gasteiger partial charge in [-0.2, -0.15) is 5.26 Å². The molecule has 116 valence electrons. The summed E-state index contributed by atoms with van der Waals surface area (Å²) < 4.78 is 1.82. The number of hydrogen-bond acceptors (Lipinski definition) is 4. The zero-order valence-corrected chi connectivity index (χ0v) is 13.8. The molecular weight excluding hydrogens is 294 g/mol. The highest BCUT2D eigenvalue weighted by molar-refractivity contribution is 7.18. The fraction of sp³-hybridized carbons (Fsp3) is 0.588. The Hall–Kier alpha value is -1.67. The molecule has 0 aliphatic heterocycles. The van der Waals surface area contributed by atoms with E-state index in [2.05, 4.69) is 13.0 Å². The van der Waals surface area contributed by atoms with Crippen LogP contribution >= 0.6 is 11.3 Å². The van der Waals surface area contributed by atoms with Crippen LogP contribution in [-0.4, -0.2) is 9.55 Å². The maximum Gasteiger partial charge on any atom is 0.262 e. The Balaban J connectivity index is 2.14. The van der Waals surface area contributed by atoms with Crippen LogP contribution in [-0.2, 0) is 25.8 Å². The lowest BCUT2D eigenvalue weighted by Gasteiger charge is -2.13. The molecule has 3 rings (SSSR count). The molecule has 0 aromatic carbocycles. The molecule has 0 spiro atoms. The summed E-state index contributed by atoms with van der Waals surface area (Å²) in [6.07, 6.45) is 7.48. The van der Waals surface area contributed by atoms with E-state index in [0.717, 1.165) is 41.7 Å². The van der Waals surface area contributed by atoms with Crippen LogP contribution in [0.2, 0.25) is 0 Å². The van der Waals surface area contributed by atoms with Crippen molar-refractivity contribution >= 4 is 21.6 Å². The van der Waals surface area contributed by atoms with Gasteiger partial charge < -0.3 is 0 Å². The second kappa shape index (κ2) is 6.62. The first-order valence-corrected chi connectivity index (χ1v) is 8.98. The monoisotopic (exact) mass is 315 g/mol. The van der Waals surface area contributed by atoms with E-state index < -0.39 is 0 Å². The number of hydrogen-bond donors (Lipinski definition) is 0. The van der Waals surface area contributed by atoms with Crippen LogP contribution in [0.1, 0.15) is 55.3 Å². The van der Waals surface area contributed by atoms with Crippen LogP contribution in [0.5, 0.6) is 0 Å². The van der Waals surface area contributed by atoms with Crippen molar-refractivity contribution in [2.45, 2.75) is 64.8 Å². The number of thiophene rings is 1. The molecule has 0 saturated carbocycles. The molecule has 0 atom stereocenters. The van der Waals surface area contributed by atoms with E-state index in [9.17, 15) is 4.79 Å². The third-order valence-corrected chi connectivity index (χ3v) is 5.48. The van der Waals surface area contributed by atoms with Crippen molar-refractivity contribution in [3.63, 3.8) is 0 Å². The topological polar surface area (TPSA) is 58.7 Å². The number of nitriles is 1. The minimum Gasteiger partial charge on any atom is -0.296 e. The van der Waals surface area contributed by atoms with E-state index >= 15 is 0 Å². The van der Waals surface area contributed by atoms with E-state index in [1.165, 1.54) is 23.3 Å². The van der Waals surface area contributed by atoms with Gasteiger partial charge in [0.2, 0.25) is 0 Å². The van der Waals surface area contributed by atoms with Gasteiger partial charge in [0.25, 0.3) is 5.56 Å². The van der Waals surface area contributed by atoms with Crippen LogP contribution in [0.25, 0.3) is 10.2 Å². The van der Waals surface area contributed by atoms with Crippen LogP contribution in [0.4, 0.5) is 0 Å². The Morgan fingerprint density at radius 3 is 2.95 bits per heavy atom. The molecule has 1 aliphatic carbocycles. The predicted octanol–water partition coefficient (Wildman–Crippen LogP) is 3.59. The molecule has 0 saturated heterocycles. The molecule has 0 bridgehead atoms. The molecule has 22 heavy (non-hydrogen) atoms. The molecule has 4 nitrogen and oxygen atoms in total. The highest BCUT2D eigenvalue weighted by atomic mass is 32.1. The minimum absolute atomic E-state index is 0.116. The van der Waals surface area contributed by atoms with Gasteiger partial charge in [0, 0.05) is 24.3 Å². The van der Waals surface area contributed by atoms with Gasteiger partial charge in [-0.1, -0.05) is 6.92 Å². The molecular formula is C17H21N3OS. The maximum absolute atomic E-state index is 13.0. The van der Waals surface area contributed by atoms with Gasteiger partial charge in [-0.25, -0.2) is 4.98 Å². The van der Waals surface area contributed by atoms with Crippen molar-refractivity contribution in [2.24, 2.45) is 0 Å². The van der Waals surface area contributed by atoms with E-state index in [1.54, 1.807) is 11.3 Å². The summed E-state index contributed by atoms with van der Waals surface area (Å²) in [4.78, 5) is 20.1. The average Bonchev–Trinajstić information content (AvgIpc) is 2.89. The molecule has 0 fully saturated rings. The lowest BCUT2D eigenvalue weighted by molar-refractivity contribution is 0.584. The highest BCUT2D eigenvalue weighted by Crippen LogP contribution is 2.33. The first-order valence-electron chi connectivity index (χ1n) is 8.17. The van der Waals surface area contributed by atoms with Crippen molar-refractivity contribution < 1.29 is 0 Å². The number of unbranched alkanes of at least 4 members (excludes halogenated alkanes) is 1. The number of fused-ring (bicyclic) bond motifs is 3. The first-order chi connectivity index (χ1) is 10.8. The third-order valence-electron chi connectivity index (χ3n) is 4.30. The number of aryl methyl sites for hydroxylation is 3. The SMILES string of the molecule is CCCc1nc2sc3c(c2c(=O)n1CCCC#N)CCCC3. The van der Waals surface area contributed by atoms with Gasteiger partial charge in [-0.15, -0.1) is 11.3 Å². The number of aromatic nitrogens is 2. The van der Waals surface area contributed by atoms with E-state index in [-0.39, 0.29) is 5.56 Å². The molecule has 2 heterocycles. The fourth-order valence-corrected chi connectivity index (χ4v) is 4.51. The largest absolute Gasteiger partial charge is 0.296 e. The van der Waals surface area contributed by atoms with Crippen molar-refractivity contribution in [2.75, 3.05) is 0 Å². The van der Waals surface area contributed by atoms with Crippen molar-refractivity contribution in [1.82, 2.24) is 9.55 Å². The summed E-state index contributed by atoms with van der Waals surface area (Å²) in [6.45, 7) is 2.71. The Labute approximate surface area is 134 Å². The van der Waals surface area contributed by atoms with Gasteiger partial charge in [-0.3, -0.25) is 9.36 Å². The molecule has 0 radical (unpaired) electrons. The summed E-state index contributed by atoms with van der Waals surface area (Å²) in [5.74, 6) is 0.886. The van der Waals surface area contributed by atoms with Gasteiger partial charge in [0.05, 0.1) is 11.5 Å². The first kappa shape index (κ1) is 15.2. The quantitative estimate of drug-likeness (QED) is 0.792. The third kappa shape index (κ3) is 2.68. The van der Waals surface area contributed by atoms with E-state index in [1.807, 2.05) is 4.57 Å². The molecule has 5 heteroatoms. The average molecular weight is 315 g/mol. The second-order valence-corrected chi connectivity index (χ2v) is 6.97. The predicted molar refractivity (Wildman–Crippen MR) is 89.4 cm³/mol. The minimum atomic E-state index is 0.116. The normalized spacial score (nSPS) is 14.0. The number of rotatable bonds is 5. The smallest absolute Gasteiger partial charge is 0.262 e. The van der Waals surface area contributed by atoms with E-state index in [4.69, 9.17) is 10.2 Å². The zero-order valence-electron chi connectivity index (χ0n) is 13.0. The molecule has 2 aromatic rings. The molecule has 0 amide bonds. The standard InChI is InChI=1S/C17H21N3OS/c1-2-7-14-19-16-15(12-8-3-4-9-13(12)22-16)17(21)20(14)11-6-5-10-18/h2-9,11H2,1H3. The van der Waals surface area contributed by atoms with Crippen molar-refractivity contribution in [3.8, 4) is 6.07 Å². The summed E-state index contributed by atoms with van der Waals surface area (Å²) in [5.41, 5.74) is 1.37. The maximum atomic E-state index is 13.0. The summed E-state index contributed by atoms with van der Waals surface area (Å²) >= 11 is 1.71. The Kier molecular flexibility index (Phi) is 4.58. The lowest BCUT2D eigenvalue weighted by Crippen LogP contribution is -2.26. The van der Waals surface area contributed by atoms with E-state index in [0.29, 0.717) is 19.4 Å². The zero-order chi connectivity index (χ0) is 15.5. The lowest BCUT2D eigenvalue weighted by atomic mass is 9.97. The second-order valence-electron chi connectivity index (χ2n) is 5.89. The summed E-state index contributed by atoms with van der Waals surface area (Å²) in [7, 11) is 0. The van der Waals surface area contributed by atoms with Gasteiger partial charge >= 0.3 is 0 Å². The summed E-state index contributed by atoms with van der Waals surface area (Å²) in [6, 6.07) is 2.16. The van der Waals surface area contributed by atoms with Gasteiger partial charge in [-0.05, 0) is 44.1 Å².